The first-order valence-corrected chi connectivity index (χ1v) is 7.14. The second kappa shape index (κ2) is 8.75. The smallest absolute Gasteiger partial charge is 0.328 e. The minimum absolute atomic E-state index is 0.558. The number of carbonyl (C=O) groups is 2. The van der Waals surface area contributed by atoms with Gasteiger partial charge in [0.1, 0.15) is 0 Å². The summed E-state index contributed by atoms with van der Waals surface area (Å²) in [5, 5.41) is 17.0. The van der Waals surface area contributed by atoms with E-state index in [0.717, 1.165) is 13.1 Å². The van der Waals surface area contributed by atoms with E-state index in [-0.39, 0.29) is 0 Å². The van der Waals surface area contributed by atoms with E-state index in [9.17, 15) is 9.59 Å². The molecule has 2 aromatic rings. The predicted molar refractivity (Wildman–Crippen MR) is 89.6 cm³/mol. The number of fused-ring (bicyclic) bond motifs is 1. The van der Waals surface area contributed by atoms with E-state index in [0.29, 0.717) is 12.2 Å². The number of hydrogen-bond donors (Lipinski definition) is 2. The van der Waals surface area contributed by atoms with Gasteiger partial charge in [0.2, 0.25) is 0 Å². The van der Waals surface area contributed by atoms with Crippen LogP contribution in [0.2, 0.25) is 0 Å². The third-order valence-electron chi connectivity index (χ3n) is 3.16. The van der Waals surface area contributed by atoms with E-state index in [1.807, 2.05) is 0 Å². The average Bonchev–Trinajstić information content (AvgIpc) is 2.79. The molecule has 0 aliphatic carbocycles. The lowest BCUT2D eigenvalue weighted by Crippen LogP contribution is -2.18. The number of aryl methyl sites for hydroxylation is 1. The molecular weight excluding hydrogens is 296 g/mol. The molecule has 1 aromatic carbocycles. The highest BCUT2D eigenvalue weighted by molar-refractivity contribution is 5.89. The second-order valence-electron chi connectivity index (χ2n) is 5.31. The summed E-state index contributed by atoms with van der Waals surface area (Å²) in [5.41, 5.74) is 2.69. The average molecular weight is 318 g/mol. The Labute approximate surface area is 135 Å². The van der Waals surface area contributed by atoms with Gasteiger partial charge in [-0.05, 0) is 38.5 Å². The van der Waals surface area contributed by atoms with Crippen LogP contribution in [0, 0.1) is 6.92 Å². The monoisotopic (exact) mass is 318 g/mol. The van der Waals surface area contributed by atoms with Crippen molar-refractivity contribution < 1.29 is 19.8 Å². The molecule has 0 radical (unpaired) electrons. The number of likely N-dealkylation sites (N-methyl/N-ethyl adjacent to an activating group) is 1. The van der Waals surface area contributed by atoms with Crippen LogP contribution in [-0.4, -0.2) is 52.3 Å². The molecule has 0 aliphatic rings. The third-order valence-corrected chi connectivity index (χ3v) is 3.16. The first-order valence-electron chi connectivity index (χ1n) is 7.14. The van der Waals surface area contributed by atoms with E-state index in [1.54, 1.807) is 0 Å². The Balaban J connectivity index is 0.000000284. The largest absolute Gasteiger partial charge is 0.478 e. The fourth-order valence-electron chi connectivity index (χ4n) is 2.09. The van der Waals surface area contributed by atoms with Crippen molar-refractivity contribution in [2.45, 2.75) is 13.5 Å². The van der Waals surface area contributed by atoms with Crippen molar-refractivity contribution in [3.63, 3.8) is 0 Å². The molecular formula is C17H22N2O4. The molecule has 6 heteroatoms. The number of benzene rings is 1. The Bertz CT molecular complexity index is 686. The number of carboxylic acids is 2. The van der Waals surface area contributed by atoms with Crippen LogP contribution in [0.15, 0.2) is 42.5 Å². The molecule has 6 nitrogen and oxygen atoms in total. The maximum Gasteiger partial charge on any atom is 0.328 e. The Hall–Kier alpha value is -2.60. The number of aliphatic carboxylic acids is 2. The van der Waals surface area contributed by atoms with Crippen molar-refractivity contribution >= 4 is 22.8 Å². The number of hydrogen-bond acceptors (Lipinski definition) is 3. The lowest BCUT2D eigenvalue weighted by Gasteiger charge is -2.12. The standard InChI is InChI=1S/C13H18N2.C4H4O4/c1-11-10-12-6-4-5-7-13(12)15(11)9-8-14(2)3;5-3(6)1-2-4(7)8/h4-7,10H,8-9H2,1-3H3;1-2H,(H,5,6)(H,7,8)/b;2-1+. The molecule has 0 atom stereocenters. The van der Waals surface area contributed by atoms with Crippen LogP contribution >= 0.6 is 0 Å². The SMILES string of the molecule is Cc1cc2ccccc2n1CCN(C)C.O=C(O)/C=C/C(=O)O. The van der Waals surface area contributed by atoms with Gasteiger partial charge in [0.25, 0.3) is 0 Å². The molecule has 1 aromatic heterocycles. The topological polar surface area (TPSA) is 82.8 Å². The quantitative estimate of drug-likeness (QED) is 0.826. The summed E-state index contributed by atoms with van der Waals surface area (Å²) >= 11 is 0. The van der Waals surface area contributed by atoms with Crippen LogP contribution in [0.4, 0.5) is 0 Å². The first kappa shape index (κ1) is 18.4. The highest BCUT2D eigenvalue weighted by Crippen LogP contribution is 2.18. The summed E-state index contributed by atoms with van der Waals surface area (Å²) in [6.07, 6.45) is 1.12. The molecule has 0 aliphatic heterocycles. The number of nitrogens with zero attached hydrogens (tertiary/aromatic N) is 2. The first-order chi connectivity index (χ1) is 10.8. The Morgan fingerprint density at radius 2 is 1.70 bits per heavy atom. The maximum absolute atomic E-state index is 9.55. The van der Waals surface area contributed by atoms with E-state index in [2.05, 4.69) is 60.8 Å². The van der Waals surface area contributed by atoms with Gasteiger partial charge in [0.05, 0.1) is 0 Å². The van der Waals surface area contributed by atoms with Gasteiger partial charge in [-0.25, -0.2) is 9.59 Å². The molecule has 124 valence electrons. The zero-order valence-corrected chi connectivity index (χ0v) is 13.6. The highest BCUT2D eigenvalue weighted by Gasteiger charge is 2.04. The minimum atomic E-state index is -1.26. The molecule has 0 spiro atoms. The third kappa shape index (κ3) is 6.36. The summed E-state index contributed by atoms with van der Waals surface area (Å²) in [7, 11) is 4.22. The number of para-hydroxylation sites is 1. The molecule has 1 heterocycles. The normalized spacial score (nSPS) is 10.8. The molecule has 0 fully saturated rings. The van der Waals surface area contributed by atoms with Crippen LogP contribution in [0.25, 0.3) is 10.9 Å². The lowest BCUT2D eigenvalue weighted by atomic mass is 10.2. The van der Waals surface area contributed by atoms with Crippen molar-refractivity contribution in [1.29, 1.82) is 0 Å². The molecule has 2 N–H and O–H groups in total. The van der Waals surface area contributed by atoms with Crippen LogP contribution in [0.5, 0.6) is 0 Å². The van der Waals surface area contributed by atoms with E-state index in [4.69, 9.17) is 10.2 Å². The van der Waals surface area contributed by atoms with Crippen LogP contribution in [0.3, 0.4) is 0 Å². The van der Waals surface area contributed by atoms with Crippen LogP contribution in [0.1, 0.15) is 5.69 Å². The molecule has 23 heavy (non-hydrogen) atoms. The number of rotatable bonds is 5. The predicted octanol–water partition coefficient (Wildman–Crippen LogP) is 2.22. The molecule has 0 unspecified atom stereocenters. The zero-order valence-electron chi connectivity index (χ0n) is 13.6. The van der Waals surface area contributed by atoms with Crippen molar-refractivity contribution in [3.05, 3.63) is 48.2 Å². The van der Waals surface area contributed by atoms with Crippen molar-refractivity contribution in [1.82, 2.24) is 9.47 Å². The summed E-state index contributed by atoms with van der Waals surface area (Å²) in [6, 6.07) is 10.8. The van der Waals surface area contributed by atoms with Gasteiger partial charge in [-0.2, -0.15) is 0 Å². The summed E-state index contributed by atoms with van der Waals surface area (Å²) < 4.78 is 2.38. The molecule has 0 saturated heterocycles. The van der Waals surface area contributed by atoms with Crippen molar-refractivity contribution in [2.24, 2.45) is 0 Å². The van der Waals surface area contributed by atoms with Gasteiger partial charge in [0.15, 0.2) is 0 Å². The summed E-state index contributed by atoms with van der Waals surface area (Å²) in [5.74, 6) is -2.51. The Kier molecular flexibility index (Phi) is 7.02. The maximum atomic E-state index is 9.55. The van der Waals surface area contributed by atoms with E-state index < -0.39 is 11.9 Å². The highest BCUT2D eigenvalue weighted by atomic mass is 16.4. The van der Waals surface area contributed by atoms with E-state index in [1.165, 1.54) is 16.6 Å². The van der Waals surface area contributed by atoms with Gasteiger partial charge in [-0.3, -0.25) is 0 Å². The fourth-order valence-corrected chi connectivity index (χ4v) is 2.09. The summed E-state index contributed by atoms with van der Waals surface area (Å²) in [4.78, 5) is 21.3. The zero-order chi connectivity index (χ0) is 17.4. The molecule has 0 amide bonds. The number of carboxylic acid groups (broad SMARTS) is 2. The van der Waals surface area contributed by atoms with Crippen LogP contribution in [-0.2, 0) is 16.1 Å². The van der Waals surface area contributed by atoms with Gasteiger partial charge in [-0.1, -0.05) is 18.2 Å². The molecule has 0 bridgehead atoms. The van der Waals surface area contributed by atoms with Crippen molar-refractivity contribution in [2.75, 3.05) is 20.6 Å². The van der Waals surface area contributed by atoms with Gasteiger partial charge in [-0.15, -0.1) is 0 Å². The second-order valence-corrected chi connectivity index (χ2v) is 5.31. The molecule has 0 saturated carbocycles. The summed E-state index contributed by atoms with van der Waals surface area (Å²) in [6.45, 7) is 4.32. The van der Waals surface area contributed by atoms with Crippen LogP contribution < -0.4 is 0 Å². The Morgan fingerprint density at radius 1 is 1.13 bits per heavy atom. The fraction of sp³-hybridized carbons (Fsp3) is 0.294. The van der Waals surface area contributed by atoms with E-state index >= 15 is 0 Å². The lowest BCUT2D eigenvalue weighted by molar-refractivity contribution is -0.134. The minimum Gasteiger partial charge on any atom is -0.478 e. The number of aromatic nitrogens is 1. The van der Waals surface area contributed by atoms with Gasteiger partial charge in [0, 0.05) is 36.5 Å². The Morgan fingerprint density at radius 3 is 2.22 bits per heavy atom. The van der Waals surface area contributed by atoms with Crippen molar-refractivity contribution in [3.8, 4) is 0 Å². The van der Waals surface area contributed by atoms with Gasteiger partial charge >= 0.3 is 11.9 Å². The van der Waals surface area contributed by atoms with Gasteiger partial charge < -0.3 is 19.7 Å². The molecule has 2 rings (SSSR count).